The zero-order valence-corrected chi connectivity index (χ0v) is 9.07. The first-order chi connectivity index (χ1) is 7.75. The van der Waals surface area contributed by atoms with Gasteiger partial charge >= 0.3 is 12.0 Å². The van der Waals surface area contributed by atoms with Gasteiger partial charge in [-0.1, -0.05) is 6.07 Å². The van der Waals surface area contributed by atoms with Crippen molar-refractivity contribution in [2.24, 2.45) is 0 Å². The molecule has 0 unspecified atom stereocenters. The van der Waals surface area contributed by atoms with E-state index < -0.39 is 5.97 Å². The number of oxazole rings is 1. The van der Waals surface area contributed by atoms with Gasteiger partial charge in [0.1, 0.15) is 6.26 Å². The Morgan fingerprint density at radius 1 is 1.62 bits per heavy atom. The zero-order valence-electron chi connectivity index (χ0n) is 8.25. The predicted molar refractivity (Wildman–Crippen MR) is 57.0 cm³/mol. The molecule has 0 atom stereocenters. The second-order valence-electron chi connectivity index (χ2n) is 2.98. The van der Waals surface area contributed by atoms with Crippen LogP contribution in [-0.2, 0) is 6.42 Å². The van der Waals surface area contributed by atoms with E-state index in [4.69, 9.17) is 14.3 Å². The SMILES string of the molecule is O=C(O)c1coc(OCCc2cccs2)n1. The summed E-state index contributed by atoms with van der Waals surface area (Å²) in [6.07, 6.45) is 1.81. The molecular weight excluding hydrogens is 230 g/mol. The summed E-state index contributed by atoms with van der Waals surface area (Å²) in [5.74, 6) is -1.13. The minimum Gasteiger partial charge on any atom is -0.476 e. The van der Waals surface area contributed by atoms with Gasteiger partial charge in [-0.05, 0) is 11.4 Å². The van der Waals surface area contributed by atoms with Crippen LogP contribution >= 0.6 is 11.3 Å². The molecule has 0 aliphatic carbocycles. The molecule has 0 saturated carbocycles. The highest BCUT2D eigenvalue weighted by molar-refractivity contribution is 7.09. The smallest absolute Gasteiger partial charge is 0.394 e. The first-order valence-electron chi connectivity index (χ1n) is 4.59. The van der Waals surface area contributed by atoms with Crippen LogP contribution in [0.2, 0.25) is 0 Å². The molecule has 6 heteroatoms. The molecule has 0 saturated heterocycles. The van der Waals surface area contributed by atoms with E-state index in [0.717, 1.165) is 12.7 Å². The minimum atomic E-state index is -1.13. The molecule has 0 amide bonds. The molecule has 0 spiro atoms. The number of carbonyl (C=O) groups is 1. The fraction of sp³-hybridized carbons (Fsp3) is 0.200. The third-order valence-corrected chi connectivity index (χ3v) is 2.79. The average molecular weight is 239 g/mol. The Bertz CT molecular complexity index is 463. The maximum absolute atomic E-state index is 10.5. The normalized spacial score (nSPS) is 10.2. The Labute approximate surface area is 95.3 Å². The summed E-state index contributed by atoms with van der Waals surface area (Å²) in [6.45, 7) is 0.417. The van der Waals surface area contributed by atoms with E-state index in [0.29, 0.717) is 6.61 Å². The Kier molecular flexibility index (Phi) is 3.21. The molecule has 2 rings (SSSR count). The summed E-state index contributed by atoms with van der Waals surface area (Å²) >= 11 is 1.64. The number of rotatable bonds is 5. The molecule has 0 aliphatic rings. The van der Waals surface area contributed by atoms with Crippen molar-refractivity contribution in [2.75, 3.05) is 6.61 Å². The highest BCUT2D eigenvalue weighted by Gasteiger charge is 2.10. The van der Waals surface area contributed by atoms with E-state index in [9.17, 15) is 4.79 Å². The molecular formula is C10H9NO4S. The van der Waals surface area contributed by atoms with Crippen molar-refractivity contribution in [1.29, 1.82) is 0 Å². The molecule has 2 aromatic heterocycles. The van der Waals surface area contributed by atoms with Gasteiger partial charge in [-0.15, -0.1) is 11.3 Å². The van der Waals surface area contributed by atoms with E-state index in [1.165, 1.54) is 4.88 Å². The van der Waals surface area contributed by atoms with Gasteiger partial charge in [-0.3, -0.25) is 0 Å². The molecule has 0 bridgehead atoms. The molecule has 16 heavy (non-hydrogen) atoms. The molecule has 1 N–H and O–H groups in total. The van der Waals surface area contributed by atoms with Gasteiger partial charge < -0.3 is 14.3 Å². The lowest BCUT2D eigenvalue weighted by atomic mass is 10.4. The van der Waals surface area contributed by atoms with Gasteiger partial charge in [0.2, 0.25) is 0 Å². The van der Waals surface area contributed by atoms with Gasteiger partial charge in [0, 0.05) is 11.3 Å². The van der Waals surface area contributed by atoms with Crippen LogP contribution in [0.3, 0.4) is 0 Å². The zero-order chi connectivity index (χ0) is 11.4. The second-order valence-corrected chi connectivity index (χ2v) is 4.01. The van der Waals surface area contributed by atoms with Gasteiger partial charge in [0.25, 0.3) is 0 Å². The van der Waals surface area contributed by atoms with E-state index in [2.05, 4.69) is 4.98 Å². The molecule has 5 nitrogen and oxygen atoms in total. The van der Waals surface area contributed by atoms with Crippen molar-refractivity contribution in [2.45, 2.75) is 6.42 Å². The lowest BCUT2D eigenvalue weighted by molar-refractivity contribution is 0.0690. The van der Waals surface area contributed by atoms with Crippen molar-refractivity contribution in [3.8, 4) is 6.08 Å². The van der Waals surface area contributed by atoms with Crippen LogP contribution in [0.5, 0.6) is 6.08 Å². The maximum atomic E-state index is 10.5. The fourth-order valence-electron chi connectivity index (χ4n) is 1.12. The van der Waals surface area contributed by atoms with E-state index in [1.807, 2.05) is 17.5 Å². The highest BCUT2D eigenvalue weighted by atomic mass is 32.1. The number of aromatic nitrogens is 1. The second kappa shape index (κ2) is 4.80. The number of carboxylic acid groups (broad SMARTS) is 1. The standard InChI is InChI=1S/C10H9NO4S/c12-9(13)8-6-15-10(11-8)14-4-3-7-2-1-5-16-7/h1-2,5-6H,3-4H2,(H,12,13). The molecule has 0 aromatic carbocycles. The van der Waals surface area contributed by atoms with Crippen LogP contribution in [-0.4, -0.2) is 22.7 Å². The average Bonchev–Trinajstić information content (AvgIpc) is 2.87. The molecule has 0 radical (unpaired) electrons. The van der Waals surface area contributed by atoms with Crippen LogP contribution in [0, 0.1) is 0 Å². The fourth-order valence-corrected chi connectivity index (χ4v) is 1.81. The minimum absolute atomic E-state index is 0.00560. The number of carboxylic acids is 1. The summed E-state index contributed by atoms with van der Waals surface area (Å²) in [5, 5.41) is 10.6. The number of aromatic carboxylic acids is 1. The maximum Gasteiger partial charge on any atom is 0.394 e. The lowest BCUT2D eigenvalue weighted by Gasteiger charge is -1.98. The summed E-state index contributed by atoms with van der Waals surface area (Å²) in [5.41, 5.74) is -0.147. The van der Waals surface area contributed by atoms with Crippen LogP contribution in [0.1, 0.15) is 15.4 Å². The summed E-state index contributed by atoms with van der Waals surface area (Å²) in [7, 11) is 0. The van der Waals surface area contributed by atoms with Gasteiger partial charge in [0.15, 0.2) is 5.69 Å². The molecule has 0 fully saturated rings. The third kappa shape index (κ3) is 2.60. The van der Waals surface area contributed by atoms with Crippen molar-refractivity contribution in [1.82, 2.24) is 4.98 Å². The molecule has 84 valence electrons. The van der Waals surface area contributed by atoms with E-state index in [1.54, 1.807) is 11.3 Å². The van der Waals surface area contributed by atoms with Crippen molar-refractivity contribution < 1.29 is 19.1 Å². The molecule has 2 aromatic rings. The first kappa shape index (κ1) is 10.7. The number of hydrogen-bond acceptors (Lipinski definition) is 5. The predicted octanol–water partition coefficient (Wildman–Crippen LogP) is 2.06. The van der Waals surface area contributed by atoms with E-state index >= 15 is 0 Å². The number of thiophene rings is 1. The number of ether oxygens (including phenoxy) is 1. The quantitative estimate of drug-likeness (QED) is 0.864. The number of nitrogens with zero attached hydrogens (tertiary/aromatic N) is 1. The van der Waals surface area contributed by atoms with Gasteiger partial charge in [-0.2, -0.15) is 4.98 Å². The largest absolute Gasteiger partial charge is 0.476 e. The summed E-state index contributed by atoms with van der Waals surface area (Å²) < 4.78 is 10.0. The van der Waals surface area contributed by atoms with Crippen LogP contribution in [0.25, 0.3) is 0 Å². The van der Waals surface area contributed by atoms with Crippen molar-refractivity contribution in [3.05, 3.63) is 34.3 Å². The van der Waals surface area contributed by atoms with Crippen LogP contribution in [0.4, 0.5) is 0 Å². The topological polar surface area (TPSA) is 72.6 Å². The Morgan fingerprint density at radius 2 is 2.50 bits per heavy atom. The Hall–Kier alpha value is -1.82. The van der Waals surface area contributed by atoms with Gasteiger partial charge in [-0.25, -0.2) is 4.79 Å². The molecule has 2 heterocycles. The van der Waals surface area contributed by atoms with Crippen LogP contribution < -0.4 is 4.74 Å². The van der Waals surface area contributed by atoms with E-state index in [-0.39, 0.29) is 11.8 Å². The molecule has 0 aliphatic heterocycles. The summed E-state index contributed by atoms with van der Waals surface area (Å²) in [4.78, 5) is 15.3. The van der Waals surface area contributed by atoms with Crippen molar-refractivity contribution in [3.63, 3.8) is 0 Å². The monoisotopic (exact) mass is 239 g/mol. The van der Waals surface area contributed by atoms with Crippen molar-refractivity contribution >= 4 is 17.3 Å². The Morgan fingerprint density at radius 3 is 3.12 bits per heavy atom. The third-order valence-electron chi connectivity index (χ3n) is 1.86. The van der Waals surface area contributed by atoms with Gasteiger partial charge in [0.05, 0.1) is 6.61 Å². The van der Waals surface area contributed by atoms with Crippen LogP contribution in [0.15, 0.2) is 28.2 Å². The Balaban J connectivity index is 1.83. The first-order valence-corrected chi connectivity index (χ1v) is 5.47. The summed E-state index contributed by atoms with van der Waals surface area (Å²) in [6, 6.07) is 3.97. The highest BCUT2D eigenvalue weighted by Crippen LogP contribution is 2.12. The number of hydrogen-bond donors (Lipinski definition) is 1. The lowest BCUT2D eigenvalue weighted by Crippen LogP contribution is -2.01.